The normalized spacial score (nSPS) is 22.3. The van der Waals surface area contributed by atoms with E-state index in [1.165, 1.54) is 19.1 Å². The number of phenols is 1. The number of aliphatic hydroxyl groups is 2. The summed E-state index contributed by atoms with van der Waals surface area (Å²) in [6.45, 7) is 2.00. The van der Waals surface area contributed by atoms with E-state index >= 15 is 19.2 Å². The van der Waals surface area contributed by atoms with Gasteiger partial charge in [0.15, 0.2) is 17.6 Å². The third-order valence-corrected chi connectivity index (χ3v) is 20.2. The van der Waals surface area contributed by atoms with Crippen molar-refractivity contribution < 1.29 is 137 Å². The molecule has 2 aliphatic heterocycles. The maximum absolute atomic E-state index is 15.4. The van der Waals surface area contributed by atoms with Crippen LogP contribution in [0.2, 0.25) is 0 Å². The molecular weight excluding hydrogens is 1560 g/mol. The Hall–Kier alpha value is -6.70. The number of aliphatic carboxylic acids is 4. The van der Waals surface area contributed by atoms with Gasteiger partial charge in [0.2, 0.25) is 29.5 Å². The van der Waals surface area contributed by atoms with Gasteiger partial charge in [-0.25, -0.2) is 4.79 Å². The van der Waals surface area contributed by atoms with E-state index in [2.05, 4.69) is 26.6 Å². The first-order valence-electron chi connectivity index (χ1n) is 33.4. The number of allylic oxidation sites excluding steroid dienone is 1. The van der Waals surface area contributed by atoms with Crippen LogP contribution in [0.1, 0.15) is 81.0 Å². The molecule has 0 spiro atoms. The number of fused-ring (bicyclic) bond motifs is 1. The van der Waals surface area contributed by atoms with E-state index in [4.69, 9.17) is 5.73 Å². The molecule has 3 aromatic rings. The van der Waals surface area contributed by atoms with Crippen LogP contribution < -0.4 is 32.3 Å². The van der Waals surface area contributed by atoms with Crippen LogP contribution in [0.4, 0.5) is 0 Å². The van der Waals surface area contributed by atoms with Crippen molar-refractivity contribution >= 4 is 97.9 Å². The number of nitrogens with zero attached hydrogens (tertiary/aromatic N) is 4. The van der Waals surface area contributed by atoms with Crippen molar-refractivity contribution in [3.05, 3.63) is 107 Å². The average molecular weight is 1660 g/mol. The number of carbonyl (C=O) groups is 12. The fourth-order valence-electron chi connectivity index (χ4n) is 12.1. The second-order valence-electron chi connectivity index (χ2n) is 25.6. The zero-order chi connectivity index (χ0) is 73.0. The fourth-order valence-corrected chi connectivity index (χ4v) is 14.5. The number of carbonyl (C=O) groups excluding carboxylic acids is 8. The molecule has 101 heavy (non-hydrogen) atoms. The Morgan fingerprint density at radius 2 is 1.18 bits per heavy atom. The van der Waals surface area contributed by atoms with Gasteiger partial charge in [0.25, 0.3) is 0 Å². The van der Waals surface area contributed by atoms with Gasteiger partial charge >= 0.3 is 23.9 Å². The van der Waals surface area contributed by atoms with Crippen molar-refractivity contribution in [2.75, 3.05) is 96.6 Å². The van der Waals surface area contributed by atoms with Crippen LogP contribution in [0.3, 0.4) is 0 Å². The van der Waals surface area contributed by atoms with Crippen LogP contribution in [0.5, 0.6) is 5.75 Å². The van der Waals surface area contributed by atoms with Gasteiger partial charge < -0.3 is 68.1 Å². The number of nitrogens with two attached hydrogens (primary N) is 1. The number of rotatable bonds is 27. The summed E-state index contributed by atoms with van der Waals surface area (Å²) in [4.78, 5) is 173. The quantitative estimate of drug-likeness (QED) is 0.0358. The number of hydrogen-bond donors (Lipinski definition) is 13. The van der Waals surface area contributed by atoms with Crippen LogP contribution >= 0.6 is 21.6 Å². The van der Waals surface area contributed by atoms with E-state index in [-0.39, 0.29) is 153 Å². The molecule has 29 nitrogen and oxygen atoms in total. The molecule has 2 heterocycles. The van der Waals surface area contributed by atoms with Crippen LogP contribution in [-0.4, -0.2) is 265 Å². The standard InChI is InChI=1S/C69H94N10O19S2.Ac/c1-42(80)53-35-59(85)54(14-8-9-21-70)71-67(95)55(33-47-18-17-46-12-6-7-13-52(46)47)72-65(93)49(31-45-15-19-50(82)20-16-45)34-58(84)56(40-99-100-41-57(74-66(53)94)68(96)75-63(43(2)81)69(97)98)73-64(92)48(30-44-10-4-3-5-11-44)32-51(83)36-76-22-24-77(37-60(86)87)26-28-79(39-62(90)91)29-27-78(25-23-76)38-61(88)89;/h3-7,10-13,15-16,18-20,42-43,48-49,53-57,63,80-82H,8-9,14,17,21-41,70H2,1-2H3,(H,71,95)(H,72,93)(H,73,92)(H,74,94)(H,75,96)(H,86,87)(H,88,89)(H,90,91)(H,97,98);/t42-,43-,48+,49-,53+,54+,55-,56+,57?,63+;/m1./s1/i;1-2. The van der Waals surface area contributed by atoms with Gasteiger partial charge in [-0.05, 0) is 98.9 Å². The van der Waals surface area contributed by atoms with E-state index in [1.54, 1.807) is 62.1 Å². The Morgan fingerprint density at radius 3 is 1.73 bits per heavy atom. The molecule has 0 saturated carbocycles. The maximum atomic E-state index is 15.4. The van der Waals surface area contributed by atoms with Gasteiger partial charge in [0, 0.05) is 145 Å². The van der Waals surface area contributed by atoms with Crippen molar-refractivity contribution in [3.8, 4) is 5.75 Å². The molecule has 549 valence electrons. The summed E-state index contributed by atoms with van der Waals surface area (Å²) in [6.07, 6.45) is -2.08. The number of Topliss-reactive ketones (excluding diaryl/α,β-unsaturated/α-hetero) is 3. The first-order chi connectivity index (χ1) is 47.7. The third kappa shape index (κ3) is 29.2. The molecule has 1 aliphatic carbocycles. The van der Waals surface area contributed by atoms with E-state index < -0.39 is 169 Å². The predicted octanol–water partition coefficient (Wildman–Crippen LogP) is 0.203. The molecule has 10 atom stereocenters. The van der Waals surface area contributed by atoms with Gasteiger partial charge in [0.05, 0.1) is 56.4 Å². The fraction of sp³-hybridized carbons (Fsp3) is 0.536. The average Bonchev–Trinajstić information content (AvgIpc) is 1.77. The number of benzene rings is 3. The summed E-state index contributed by atoms with van der Waals surface area (Å²) in [7, 11) is 1.81. The van der Waals surface area contributed by atoms with E-state index in [9.17, 15) is 74.1 Å². The van der Waals surface area contributed by atoms with E-state index in [0.717, 1.165) is 39.6 Å². The van der Waals surface area contributed by atoms with Crippen molar-refractivity contribution in [1.29, 1.82) is 0 Å². The molecule has 3 aliphatic rings. The number of unbranched alkanes of at least 4 members (excludes halogenated alkanes) is 1. The number of ketones is 3. The van der Waals surface area contributed by atoms with E-state index in [0.29, 0.717) is 36.0 Å². The molecule has 0 bridgehead atoms. The molecule has 14 N–H and O–H groups in total. The second-order valence-corrected chi connectivity index (χ2v) is 28.2. The number of hydrogen-bond acceptors (Lipinski definition) is 22. The predicted molar refractivity (Wildman–Crippen MR) is 371 cm³/mol. The van der Waals surface area contributed by atoms with Crippen molar-refractivity contribution in [1.82, 2.24) is 46.2 Å². The number of nitrogens with one attached hydrogen (secondary N) is 5. The summed E-state index contributed by atoms with van der Waals surface area (Å²) in [6, 6.07) is 14.2. The Morgan fingerprint density at radius 1 is 0.624 bits per heavy atom. The summed E-state index contributed by atoms with van der Waals surface area (Å²) >= 11 is 0. The summed E-state index contributed by atoms with van der Waals surface area (Å²) in [5, 5.41) is 84.5. The Labute approximate surface area is 630 Å². The zero-order valence-corrected chi connectivity index (χ0v) is 63.2. The number of aromatic hydroxyl groups is 1. The second kappa shape index (κ2) is 43.4. The minimum absolute atomic E-state index is 0. The number of amides is 5. The first-order valence-corrected chi connectivity index (χ1v) is 35.9. The summed E-state index contributed by atoms with van der Waals surface area (Å²) < 4.78 is 0. The maximum Gasteiger partial charge on any atom is 0.328 e. The van der Waals surface area contributed by atoms with Crippen molar-refractivity contribution in [3.63, 3.8) is 0 Å². The molecule has 0 aromatic heterocycles. The van der Waals surface area contributed by atoms with Crippen LogP contribution in [-0.2, 0) is 76.8 Å². The molecule has 3 aromatic carbocycles. The smallest absolute Gasteiger partial charge is 0.328 e. The molecule has 1 radical (unpaired) electrons. The zero-order valence-electron chi connectivity index (χ0n) is 56.8. The molecule has 5 amide bonds. The Bertz CT molecular complexity index is 3320. The third-order valence-electron chi connectivity index (χ3n) is 17.7. The van der Waals surface area contributed by atoms with Crippen LogP contribution in [0.15, 0.2) is 84.9 Å². The molecule has 2 fully saturated rings. The first kappa shape index (κ1) is 85.0. The molecule has 1 unspecified atom stereocenters. The summed E-state index contributed by atoms with van der Waals surface area (Å²) in [5.41, 5.74) is 9.41. The minimum Gasteiger partial charge on any atom is -0.508 e. The molecule has 6 rings (SSSR count). The van der Waals surface area contributed by atoms with Crippen molar-refractivity contribution in [2.45, 2.75) is 120 Å². The van der Waals surface area contributed by atoms with Gasteiger partial charge in [0.1, 0.15) is 23.6 Å². The van der Waals surface area contributed by atoms with Gasteiger partial charge in [-0.3, -0.25) is 72.3 Å². The number of phenolic OH excluding ortho intramolecular Hbond substituents is 1. The number of aliphatic hydroxyl groups excluding tert-OH is 2. The van der Waals surface area contributed by atoms with Crippen LogP contribution in [0, 0.1) is 61.8 Å². The van der Waals surface area contributed by atoms with Gasteiger partial charge in [-0.15, -0.1) is 0 Å². The molecule has 2 saturated heterocycles. The van der Waals surface area contributed by atoms with Gasteiger partial charge in [-0.1, -0.05) is 94.4 Å². The molecule has 32 heteroatoms. The summed E-state index contributed by atoms with van der Waals surface area (Å²) in [5.74, 6) is -16.3. The van der Waals surface area contributed by atoms with E-state index in [1.807, 2.05) is 30.3 Å². The number of carboxylic acid groups (broad SMARTS) is 4. The minimum atomic E-state index is -1.88. The number of carboxylic acids is 4. The van der Waals surface area contributed by atoms with Crippen LogP contribution in [0.25, 0.3) is 5.57 Å². The van der Waals surface area contributed by atoms with Gasteiger partial charge in [-0.2, -0.15) is 0 Å². The SMILES string of the molecule is C[C@@H](O)[C@@H]1CC(=O)[C@H](CCCCN)NC(=O)[C@@H](CC2=CCc3ccccc32)NC(=O)[C@H](Cc2ccc(O)cc2)CC(=O)[C@@H](NC(=O)[C@H](CC(=O)CN2CCN(CC(=O)O)CCN(CC(=O)O)CCN(CC(=O)O)CC2)Cc2ccccc2)CSSCC(C(=O)N[C@H](C(=O)O)[C@@H](C)O)NC1=O.[225Ac]. The Kier molecular flexibility index (Phi) is 36.5. The Balaban J connectivity index is 0.0000184. The monoisotopic (exact) mass is 1660 g/mol. The van der Waals surface area contributed by atoms with Crippen molar-refractivity contribution in [2.24, 2.45) is 23.5 Å². The topological polar surface area (TPSA) is 446 Å². The largest absolute Gasteiger partial charge is 0.508 e. The molecular formula is C69H94AcN10O19S2.